The highest BCUT2D eigenvalue weighted by Gasteiger charge is 2.21. The topological polar surface area (TPSA) is 9.23 Å². The van der Waals surface area contributed by atoms with Crippen molar-refractivity contribution in [2.45, 2.75) is 51.4 Å². The predicted molar refractivity (Wildman–Crippen MR) is 105 cm³/mol. The van der Waals surface area contributed by atoms with Gasteiger partial charge in [-0.3, -0.25) is 0 Å². The number of benzene rings is 2. The van der Waals surface area contributed by atoms with Crippen molar-refractivity contribution in [3.63, 3.8) is 0 Å². The van der Waals surface area contributed by atoms with Crippen LogP contribution in [0.4, 0.5) is 8.78 Å². The van der Waals surface area contributed by atoms with Gasteiger partial charge in [0.1, 0.15) is 0 Å². The molecule has 0 aliphatic heterocycles. The summed E-state index contributed by atoms with van der Waals surface area (Å²) in [6.07, 6.45) is 7.79. The molecule has 0 atom stereocenters. The Balaban J connectivity index is 1.67. The second kappa shape index (κ2) is 9.04. The van der Waals surface area contributed by atoms with Crippen molar-refractivity contribution in [3.05, 3.63) is 64.7 Å². The minimum Gasteiger partial charge on any atom is -0.494 e. The summed E-state index contributed by atoms with van der Waals surface area (Å²) >= 11 is 0. The zero-order valence-corrected chi connectivity index (χ0v) is 16.0. The molecule has 0 N–H and O–H groups in total. The molecule has 1 fully saturated rings. The van der Waals surface area contributed by atoms with E-state index in [1.807, 2.05) is 12.1 Å². The molecule has 0 amide bonds. The van der Waals surface area contributed by atoms with Gasteiger partial charge in [0.05, 0.1) is 12.7 Å². The average molecular weight is 368 g/mol. The molecule has 0 radical (unpaired) electrons. The second-order valence-corrected chi connectivity index (χ2v) is 7.32. The Hall–Kier alpha value is -2.34. The lowest BCUT2D eigenvalue weighted by molar-refractivity contribution is 0.308. The van der Waals surface area contributed by atoms with Gasteiger partial charge in [0.25, 0.3) is 0 Å². The van der Waals surface area contributed by atoms with Gasteiger partial charge in [0.2, 0.25) is 5.82 Å². The van der Waals surface area contributed by atoms with Crippen molar-refractivity contribution >= 4 is 0 Å². The molecular formula is C24H26F2O. The molecule has 142 valence electrons. The molecule has 1 nitrogen and oxygen atoms in total. The van der Waals surface area contributed by atoms with Crippen LogP contribution in [0.5, 0.6) is 5.75 Å². The minimum absolute atomic E-state index is 0.0339. The zero-order valence-electron chi connectivity index (χ0n) is 16.0. The number of methoxy groups -OCH3 is 1. The maximum Gasteiger partial charge on any atom is 0.201 e. The number of halogens is 2. The molecule has 2 aromatic carbocycles. The molecule has 0 saturated heterocycles. The standard InChI is InChI=1S/C24H26F2O/c1-3-4-17-5-10-19(11-6-17)20-12-7-18(8-13-20)9-14-21-15-16-22(27-2)24(26)23(21)25/h7-8,12-13,15-17,19H,3-6,10-11H2,1-2H3. The van der Waals surface area contributed by atoms with E-state index in [4.69, 9.17) is 4.74 Å². The highest BCUT2D eigenvalue weighted by atomic mass is 19.2. The summed E-state index contributed by atoms with van der Waals surface area (Å²) in [4.78, 5) is 0. The SMILES string of the molecule is CCCC1CCC(c2ccc(C#Cc3ccc(OC)c(F)c3F)cc2)CC1. The fourth-order valence-corrected chi connectivity index (χ4v) is 3.96. The highest BCUT2D eigenvalue weighted by Crippen LogP contribution is 2.37. The summed E-state index contributed by atoms with van der Waals surface area (Å²) in [5, 5.41) is 0. The smallest absolute Gasteiger partial charge is 0.201 e. The Morgan fingerprint density at radius 1 is 0.926 bits per heavy atom. The number of hydrogen-bond donors (Lipinski definition) is 0. The molecule has 1 aliphatic carbocycles. The lowest BCUT2D eigenvalue weighted by atomic mass is 9.77. The number of hydrogen-bond acceptors (Lipinski definition) is 1. The Kier molecular flexibility index (Phi) is 6.50. The van der Waals surface area contributed by atoms with Gasteiger partial charge < -0.3 is 4.74 Å². The van der Waals surface area contributed by atoms with Crippen LogP contribution in [0.2, 0.25) is 0 Å². The fraction of sp³-hybridized carbons (Fsp3) is 0.417. The zero-order chi connectivity index (χ0) is 19.2. The van der Waals surface area contributed by atoms with Crippen molar-refractivity contribution in [2.24, 2.45) is 5.92 Å². The highest BCUT2D eigenvalue weighted by molar-refractivity contribution is 5.46. The van der Waals surface area contributed by atoms with Crippen molar-refractivity contribution in [3.8, 4) is 17.6 Å². The normalized spacial score (nSPS) is 19.3. The molecule has 2 aromatic rings. The van der Waals surface area contributed by atoms with Gasteiger partial charge in [-0.2, -0.15) is 4.39 Å². The summed E-state index contributed by atoms with van der Waals surface area (Å²) in [5.74, 6) is 5.09. The quantitative estimate of drug-likeness (QED) is 0.564. The summed E-state index contributed by atoms with van der Waals surface area (Å²) in [5.41, 5.74) is 2.19. The van der Waals surface area contributed by atoms with E-state index >= 15 is 0 Å². The molecule has 0 heterocycles. The van der Waals surface area contributed by atoms with E-state index in [0.717, 1.165) is 11.5 Å². The van der Waals surface area contributed by atoms with Crippen molar-refractivity contribution in [2.75, 3.05) is 7.11 Å². The average Bonchev–Trinajstić information content (AvgIpc) is 2.70. The first-order valence-electron chi connectivity index (χ1n) is 9.76. The molecule has 0 aromatic heterocycles. The Bertz CT molecular complexity index is 822. The van der Waals surface area contributed by atoms with Gasteiger partial charge in [-0.05, 0) is 67.3 Å². The van der Waals surface area contributed by atoms with Crippen LogP contribution in [0.3, 0.4) is 0 Å². The maximum absolute atomic E-state index is 14.0. The first-order valence-corrected chi connectivity index (χ1v) is 9.76. The number of rotatable bonds is 4. The summed E-state index contributed by atoms with van der Waals surface area (Å²) in [7, 11) is 1.31. The number of ether oxygens (including phenoxy) is 1. The van der Waals surface area contributed by atoms with Gasteiger partial charge in [0.15, 0.2) is 11.6 Å². The van der Waals surface area contributed by atoms with Gasteiger partial charge in [-0.25, -0.2) is 4.39 Å². The van der Waals surface area contributed by atoms with E-state index in [-0.39, 0.29) is 11.3 Å². The third kappa shape index (κ3) is 4.69. The van der Waals surface area contributed by atoms with Gasteiger partial charge in [0, 0.05) is 5.56 Å². The van der Waals surface area contributed by atoms with E-state index < -0.39 is 11.6 Å². The van der Waals surface area contributed by atoms with Crippen molar-refractivity contribution < 1.29 is 13.5 Å². The third-order valence-corrected chi connectivity index (χ3v) is 5.53. The van der Waals surface area contributed by atoms with Crippen LogP contribution in [0.15, 0.2) is 36.4 Å². The van der Waals surface area contributed by atoms with Crippen LogP contribution in [0, 0.1) is 29.4 Å². The molecular weight excluding hydrogens is 342 g/mol. The maximum atomic E-state index is 14.0. The van der Waals surface area contributed by atoms with Crippen LogP contribution < -0.4 is 4.74 Å². The molecule has 1 aliphatic rings. The largest absolute Gasteiger partial charge is 0.494 e. The second-order valence-electron chi connectivity index (χ2n) is 7.32. The lowest BCUT2D eigenvalue weighted by Crippen LogP contribution is -2.13. The summed E-state index contributed by atoms with van der Waals surface area (Å²) in [6, 6.07) is 11.0. The first kappa shape index (κ1) is 19.4. The molecule has 0 unspecified atom stereocenters. The minimum atomic E-state index is -1.00. The molecule has 3 rings (SSSR count). The fourth-order valence-electron chi connectivity index (χ4n) is 3.96. The van der Waals surface area contributed by atoms with Gasteiger partial charge in [-0.15, -0.1) is 0 Å². The van der Waals surface area contributed by atoms with Gasteiger partial charge >= 0.3 is 0 Å². The Morgan fingerprint density at radius 3 is 2.26 bits per heavy atom. The van der Waals surface area contributed by atoms with Gasteiger partial charge in [-0.1, -0.05) is 43.7 Å². The van der Waals surface area contributed by atoms with Crippen LogP contribution in [0.1, 0.15) is 68.1 Å². The Morgan fingerprint density at radius 2 is 1.63 bits per heavy atom. The van der Waals surface area contributed by atoms with E-state index in [2.05, 4.69) is 30.9 Å². The summed E-state index contributed by atoms with van der Waals surface area (Å²) < 4.78 is 32.5. The van der Waals surface area contributed by atoms with Crippen LogP contribution in [-0.4, -0.2) is 7.11 Å². The lowest BCUT2D eigenvalue weighted by Gasteiger charge is -2.28. The third-order valence-electron chi connectivity index (χ3n) is 5.53. The summed E-state index contributed by atoms with van der Waals surface area (Å²) in [6.45, 7) is 2.26. The Labute approximate surface area is 160 Å². The first-order chi connectivity index (χ1) is 13.1. The predicted octanol–water partition coefficient (Wildman–Crippen LogP) is 6.45. The van der Waals surface area contributed by atoms with Crippen molar-refractivity contribution in [1.82, 2.24) is 0 Å². The van der Waals surface area contributed by atoms with E-state index in [1.165, 1.54) is 63.3 Å². The molecule has 0 bridgehead atoms. The molecule has 3 heteroatoms. The van der Waals surface area contributed by atoms with Crippen LogP contribution in [0.25, 0.3) is 0 Å². The van der Waals surface area contributed by atoms with Crippen LogP contribution >= 0.6 is 0 Å². The van der Waals surface area contributed by atoms with E-state index in [0.29, 0.717) is 5.92 Å². The molecule has 27 heavy (non-hydrogen) atoms. The van der Waals surface area contributed by atoms with Crippen LogP contribution in [-0.2, 0) is 0 Å². The molecule has 1 saturated carbocycles. The van der Waals surface area contributed by atoms with E-state index in [9.17, 15) is 8.78 Å². The monoisotopic (exact) mass is 368 g/mol. The molecule has 0 spiro atoms. The van der Waals surface area contributed by atoms with E-state index in [1.54, 1.807) is 0 Å². The van der Waals surface area contributed by atoms with Crippen molar-refractivity contribution in [1.29, 1.82) is 0 Å².